The number of nitro groups is 1. The van der Waals surface area contributed by atoms with Crippen molar-refractivity contribution in [2.45, 2.75) is 30.7 Å². The average molecular weight is 337 g/mol. The molecule has 2 aromatic rings. The van der Waals surface area contributed by atoms with E-state index in [2.05, 4.69) is 5.16 Å². The van der Waals surface area contributed by atoms with Crippen LogP contribution in [0, 0.1) is 17.0 Å². The second-order valence-corrected chi connectivity index (χ2v) is 7.28. The zero-order chi connectivity index (χ0) is 16.6. The Hall–Kier alpha value is -2.26. The first kappa shape index (κ1) is 15.6. The topological polar surface area (TPSA) is 107 Å². The fraction of sp³-hybridized carbons (Fsp3) is 0.357. The molecule has 1 fully saturated rings. The maximum Gasteiger partial charge on any atom is 0.270 e. The molecule has 0 spiro atoms. The first-order valence-corrected chi connectivity index (χ1v) is 8.53. The molecule has 0 bridgehead atoms. The smallest absolute Gasteiger partial charge is 0.270 e. The van der Waals surface area contributed by atoms with Gasteiger partial charge in [-0.3, -0.25) is 10.1 Å². The molecule has 3 rings (SSSR count). The van der Waals surface area contributed by atoms with E-state index in [-0.39, 0.29) is 10.6 Å². The van der Waals surface area contributed by atoms with Crippen LogP contribution < -0.4 is 0 Å². The van der Waals surface area contributed by atoms with Crippen molar-refractivity contribution in [3.05, 3.63) is 51.9 Å². The van der Waals surface area contributed by atoms with Crippen molar-refractivity contribution >= 4 is 15.7 Å². The van der Waals surface area contributed by atoms with E-state index in [1.54, 1.807) is 13.0 Å². The molecule has 0 saturated carbocycles. The number of nitrogens with zero attached hydrogens (tertiary/aromatic N) is 3. The van der Waals surface area contributed by atoms with Crippen molar-refractivity contribution in [2.75, 3.05) is 6.54 Å². The minimum Gasteiger partial charge on any atom is -0.361 e. The highest BCUT2D eigenvalue weighted by Gasteiger charge is 2.38. The molecule has 1 atom stereocenters. The minimum absolute atomic E-state index is 0.0844. The first-order chi connectivity index (χ1) is 10.9. The van der Waals surface area contributed by atoms with Crippen molar-refractivity contribution in [3.8, 4) is 0 Å². The molecule has 122 valence electrons. The van der Waals surface area contributed by atoms with Gasteiger partial charge in [0.1, 0.15) is 11.5 Å². The first-order valence-electron chi connectivity index (χ1n) is 7.09. The van der Waals surface area contributed by atoms with Crippen LogP contribution in [-0.4, -0.2) is 29.3 Å². The summed E-state index contributed by atoms with van der Waals surface area (Å²) < 4.78 is 32.1. The predicted molar refractivity (Wildman–Crippen MR) is 80.2 cm³/mol. The molecule has 0 N–H and O–H groups in total. The lowest BCUT2D eigenvalue weighted by molar-refractivity contribution is -0.385. The van der Waals surface area contributed by atoms with E-state index in [9.17, 15) is 18.5 Å². The van der Waals surface area contributed by atoms with Crippen molar-refractivity contribution in [1.29, 1.82) is 0 Å². The Bertz CT molecular complexity index is 846. The molecule has 0 radical (unpaired) electrons. The Morgan fingerprint density at radius 2 is 2.17 bits per heavy atom. The monoisotopic (exact) mass is 337 g/mol. The third-order valence-corrected chi connectivity index (χ3v) is 5.73. The number of hydrogen-bond acceptors (Lipinski definition) is 6. The van der Waals surface area contributed by atoms with Crippen molar-refractivity contribution < 1.29 is 17.9 Å². The largest absolute Gasteiger partial charge is 0.361 e. The molecule has 1 aromatic heterocycles. The lowest BCUT2D eigenvalue weighted by atomic mass is 10.1. The molecule has 0 amide bonds. The van der Waals surface area contributed by atoms with Crippen LogP contribution in [-0.2, 0) is 10.0 Å². The van der Waals surface area contributed by atoms with Crippen LogP contribution in [0.4, 0.5) is 5.69 Å². The fourth-order valence-electron chi connectivity index (χ4n) is 2.76. The van der Waals surface area contributed by atoms with E-state index >= 15 is 0 Å². The Morgan fingerprint density at radius 3 is 2.83 bits per heavy atom. The van der Waals surface area contributed by atoms with Crippen molar-refractivity contribution in [1.82, 2.24) is 9.46 Å². The van der Waals surface area contributed by atoms with Crippen LogP contribution in [0.25, 0.3) is 0 Å². The van der Waals surface area contributed by atoms with Gasteiger partial charge >= 0.3 is 0 Å². The number of non-ortho nitro benzene ring substituents is 1. The Kier molecular flexibility index (Phi) is 3.90. The standard InChI is InChI=1S/C14H15N3O5S/c1-10-8-13(15-22-10)14-6-3-7-16(14)23(20,21)12-5-2-4-11(9-12)17(18)19/h2,4-5,8-9,14H,3,6-7H2,1H3. The Balaban J connectivity index is 1.98. The van der Waals surface area contributed by atoms with E-state index in [1.165, 1.54) is 22.5 Å². The van der Waals surface area contributed by atoms with Crippen LogP contribution in [0.5, 0.6) is 0 Å². The van der Waals surface area contributed by atoms with Gasteiger partial charge in [0.25, 0.3) is 5.69 Å². The average Bonchev–Trinajstić information content (AvgIpc) is 3.16. The third-order valence-electron chi connectivity index (χ3n) is 3.83. The number of nitro benzene ring substituents is 1. The number of aromatic nitrogens is 1. The molecule has 23 heavy (non-hydrogen) atoms. The van der Waals surface area contributed by atoms with Crippen molar-refractivity contribution in [2.24, 2.45) is 0 Å². The number of aryl methyl sites for hydroxylation is 1. The zero-order valence-corrected chi connectivity index (χ0v) is 13.2. The van der Waals surface area contributed by atoms with Gasteiger partial charge in [-0.05, 0) is 25.8 Å². The fourth-order valence-corrected chi connectivity index (χ4v) is 4.47. The van der Waals surface area contributed by atoms with Gasteiger partial charge in [0.05, 0.1) is 15.9 Å². The lowest BCUT2D eigenvalue weighted by Gasteiger charge is -2.22. The normalized spacial score (nSPS) is 19.1. The summed E-state index contributed by atoms with van der Waals surface area (Å²) in [5.41, 5.74) is 0.313. The van der Waals surface area contributed by atoms with Crippen molar-refractivity contribution in [3.63, 3.8) is 0 Å². The molecule has 8 nitrogen and oxygen atoms in total. The zero-order valence-electron chi connectivity index (χ0n) is 12.4. The molecular weight excluding hydrogens is 322 g/mol. The van der Waals surface area contributed by atoms with Crippen LogP contribution in [0.15, 0.2) is 39.8 Å². The van der Waals surface area contributed by atoms with Crippen LogP contribution >= 0.6 is 0 Å². The molecule has 9 heteroatoms. The Labute approximate surface area is 132 Å². The lowest BCUT2D eigenvalue weighted by Crippen LogP contribution is -2.30. The van der Waals surface area contributed by atoms with E-state index in [0.29, 0.717) is 30.8 Å². The quantitative estimate of drug-likeness (QED) is 0.626. The summed E-state index contributed by atoms with van der Waals surface area (Å²) in [6, 6.07) is 6.39. The highest BCUT2D eigenvalue weighted by atomic mass is 32.2. The molecule has 1 aliphatic rings. The number of hydrogen-bond donors (Lipinski definition) is 0. The van der Waals surface area contributed by atoms with Gasteiger partial charge < -0.3 is 4.52 Å². The van der Waals surface area contributed by atoms with Gasteiger partial charge in [-0.2, -0.15) is 4.31 Å². The molecular formula is C14H15N3O5S. The highest BCUT2D eigenvalue weighted by Crippen LogP contribution is 2.36. The molecule has 0 aliphatic carbocycles. The summed E-state index contributed by atoms with van der Waals surface area (Å²) in [6.07, 6.45) is 1.34. The molecule has 2 heterocycles. The summed E-state index contributed by atoms with van der Waals surface area (Å²) in [7, 11) is -3.84. The minimum atomic E-state index is -3.84. The highest BCUT2D eigenvalue weighted by molar-refractivity contribution is 7.89. The van der Waals surface area contributed by atoms with Gasteiger partial charge in [-0.25, -0.2) is 8.42 Å². The molecule has 1 saturated heterocycles. The van der Waals surface area contributed by atoms with E-state index in [0.717, 1.165) is 6.07 Å². The van der Waals surface area contributed by atoms with E-state index in [4.69, 9.17) is 4.52 Å². The maximum absolute atomic E-state index is 12.8. The second kappa shape index (κ2) is 5.74. The second-order valence-electron chi connectivity index (χ2n) is 5.39. The van der Waals surface area contributed by atoms with Gasteiger partial charge in [0, 0.05) is 24.7 Å². The van der Waals surface area contributed by atoms with Crippen LogP contribution in [0.1, 0.15) is 30.3 Å². The van der Waals surface area contributed by atoms with Gasteiger partial charge in [0.15, 0.2) is 0 Å². The third kappa shape index (κ3) is 2.84. The maximum atomic E-state index is 12.8. The van der Waals surface area contributed by atoms with Crippen LogP contribution in [0.3, 0.4) is 0 Å². The SMILES string of the molecule is Cc1cc(C2CCCN2S(=O)(=O)c2cccc([N+](=O)[O-])c2)no1. The summed E-state index contributed by atoms with van der Waals surface area (Å²) >= 11 is 0. The van der Waals surface area contributed by atoms with Gasteiger partial charge in [0.2, 0.25) is 10.0 Å². The summed E-state index contributed by atoms with van der Waals surface area (Å²) in [5.74, 6) is 0.611. The van der Waals surface area contributed by atoms with E-state index in [1.807, 2.05) is 0 Å². The number of sulfonamides is 1. The molecule has 1 aromatic carbocycles. The number of benzene rings is 1. The summed E-state index contributed by atoms with van der Waals surface area (Å²) in [4.78, 5) is 10.2. The molecule has 1 unspecified atom stereocenters. The van der Waals surface area contributed by atoms with Crippen LogP contribution in [0.2, 0.25) is 0 Å². The van der Waals surface area contributed by atoms with Gasteiger partial charge in [-0.1, -0.05) is 11.2 Å². The van der Waals surface area contributed by atoms with E-state index < -0.39 is 21.0 Å². The summed E-state index contributed by atoms with van der Waals surface area (Å²) in [6.45, 7) is 2.09. The number of rotatable bonds is 4. The molecule has 1 aliphatic heterocycles. The summed E-state index contributed by atoms with van der Waals surface area (Å²) in [5, 5.41) is 14.8. The Morgan fingerprint density at radius 1 is 1.39 bits per heavy atom. The predicted octanol–water partition coefficient (Wildman–Crippen LogP) is 2.42. The van der Waals surface area contributed by atoms with Gasteiger partial charge in [-0.15, -0.1) is 0 Å².